The maximum absolute atomic E-state index is 10.8. The van der Waals surface area contributed by atoms with Gasteiger partial charge in [0.25, 0.3) is 0 Å². The van der Waals surface area contributed by atoms with Crippen molar-refractivity contribution in [3.8, 4) is 0 Å². The molecule has 0 radical (unpaired) electrons. The molecular formula is Cl2F3Ta. The van der Waals surface area contributed by atoms with Crippen LogP contribution in [-0.2, 0) is 15.3 Å². The Morgan fingerprint density at radius 1 is 1.00 bits per heavy atom. The molecule has 0 N–H and O–H groups in total. The molecular weight excluding hydrogens is 309 g/mol. The van der Waals surface area contributed by atoms with Crippen molar-refractivity contribution in [1.29, 1.82) is 0 Å². The van der Waals surface area contributed by atoms with Crippen LogP contribution in [0.2, 0.25) is 0 Å². The van der Waals surface area contributed by atoms with E-state index in [1.54, 1.807) is 0 Å². The van der Waals surface area contributed by atoms with Gasteiger partial charge in [-0.1, -0.05) is 0 Å². The third-order valence-corrected chi connectivity index (χ3v) is 0. The van der Waals surface area contributed by atoms with E-state index in [9.17, 15) is 9.07 Å². The predicted molar refractivity (Wildman–Crippen MR) is 15.0 cm³/mol. The van der Waals surface area contributed by atoms with Crippen molar-refractivity contribution in [2.24, 2.45) is 0 Å². The van der Waals surface area contributed by atoms with E-state index in [0.29, 0.717) is 0 Å². The van der Waals surface area contributed by atoms with E-state index in [4.69, 9.17) is 0 Å². The first-order valence-electron chi connectivity index (χ1n) is 0.845. The summed E-state index contributed by atoms with van der Waals surface area (Å²) in [6.07, 6.45) is 0. The zero-order chi connectivity index (χ0) is 5.45. The first kappa shape index (κ1) is 7.11. The fraction of sp³-hybridized carbons (Fsp3) is 0. The van der Waals surface area contributed by atoms with Gasteiger partial charge in [0, 0.05) is 0 Å². The third-order valence-electron chi connectivity index (χ3n) is 0. The molecule has 0 nitrogen and oxygen atoms in total. The first-order chi connectivity index (χ1) is 2.24. The van der Waals surface area contributed by atoms with E-state index in [0.717, 1.165) is 0 Å². The van der Waals surface area contributed by atoms with E-state index in [1.807, 2.05) is 0 Å². The monoisotopic (exact) mass is 308 g/mol. The Morgan fingerprint density at radius 3 is 1.00 bits per heavy atom. The Hall–Kier alpha value is 1.11. The van der Waals surface area contributed by atoms with Crippen LogP contribution in [0.5, 0.6) is 0 Å². The van der Waals surface area contributed by atoms with Crippen molar-refractivity contribution in [1.82, 2.24) is 0 Å². The second-order valence-corrected chi connectivity index (χ2v) is 15.7. The van der Waals surface area contributed by atoms with Crippen molar-refractivity contribution < 1.29 is 24.4 Å². The first-order valence-corrected chi connectivity index (χ1v) is 12.5. The quantitative estimate of drug-likeness (QED) is 0.645. The average molecular weight is 309 g/mol. The fourth-order valence-electron chi connectivity index (χ4n) is 0. The minimum atomic E-state index is -7.36. The zero-order valence-corrected chi connectivity index (χ0v) is 7.06. The van der Waals surface area contributed by atoms with Gasteiger partial charge in [-0.15, -0.1) is 0 Å². The van der Waals surface area contributed by atoms with Gasteiger partial charge in [-0.25, -0.2) is 0 Å². The molecule has 0 heterocycles. The normalized spacial score (nSPS) is 19.2. The minimum absolute atomic E-state index is 3.76. The molecule has 0 saturated carbocycles. The van der Waals surface area contributed by atoms with E-state index in [-0.39, 0.29) is 0 Å². The SMILES string of the molecule is [F][Ta]([F])([F])([Cl])[Cl]. The predicted octanol–water partition coefficient (Wildman–Crippen LogP) is 2.64. The van der Waals surface area contributed by atoms with Crippen molar-refractivity contribution in [3.05, 3.63) is 0 Å². The standard InChI is InChI=1S/2ClH.3FH.Ta/h5*1H;/q;;;;;+5/p-5. The van der Waals surface area contributed by atoms with Gasteiger partial charge in [-0.3, -0.25) is 0 Å². The second kappa shape index (κ2) is 1.29. The molecule has 0 saturated heterocycles. The molecule has 0 aromatic heterocycles. The molecule has 0 bridgehead atoms. The van der Waals surface area contributed by atoms with E-state index in [2.05, 4.69) is 18.4 Å². The summed E-state index contributed by atoms with van der Waals surface area (Å²) in [4.78, 5) is 0. The van der Waals surface area contributed by atoms with Crippen LogP contribution in [0, 0.1) is 0 Å². The average Bonchev–Trinajstić information content (AvgIpc) is 0.650. The maximum atomic E-state index is 10.8. The van der Waals surface area contributed by atoms with Gasteiger partial charge in [-0.05, 0) is 0 Å². The Kier molecular flexibility index (Phi) is 1.53. The molecule has 0 aliphatic carbocycles. The van der Waals surface area contributed by atoms with Gasteiger partial charge in [0.2, 0.25) is 0 Å². The third kappa shape index (κ3) is 70.0. The van der Waals surface area contributed by atoms with Crippen LogP contribution in [0.4, 0.5) is 9.07 Å². The summed E-state index contributed by atoms with van der Waals surface area (Å²) in [7, 11) is 7.53. The summed E-state index contributed by atoms with van der Waals surface area (Å²) < 4.78 is 32.4. The van der Waals surface area contributed by atoms with Crippen LogP contribution in [0.3, 0.4) is 0 Å². The molecule has 0 atom stereocenters. The number of halogens is 5. The van der Waals surface area contributed by atoms with Gasteiger partial charge in [-0.2, -0.15) is 0 Å². The van der Waals surface area contributed by atoms with E-state index in [1.165, 1.54) is 0 Å². The molecule has 0 rings (SSSR count). The van der Waals surface area contributed by atoms with Crippen molar-refractivity contribution in [2.45, 2.75) is 0 Å². The molecule has 40 valence electrons. The molecule has 6 heteroatoms. The number of hydrogen-bond donors (Lipinski definition) is 0. The van der Waals surface area contributed by atoms with Crippen LogP contribution in [0.1, 0.15) is 0 Å². The van der Waals surface area contributed by atoms with Crippen LogP contribution in [0.15, 0.2) is 0 Å². The summed E-state index contributed by atoms with van der Waals surface area (Å²) in [5, 5.41) is 0. The van der Waals surface area contributed by atoms with Gasteiger partial charge in [0.15, 0.2) is 0 Å². The van der Waals surface area contributed by atoms with E-state index < -0.39 is 15.3 Å². The van der Waals surface area contributed by atoms with Crippen LogP contribution >= 0.6 is 18.4 Å². The van der Waals surface area contributed by atoms with Gasteiger partial charge in [0.1, 0.15) is 0 Å². The van der Waals surface area contributed by atoms with Crippen molar-refractivity contribution in [3.63, 3.8) is 0 Å². The topological polar surface area (TPSA) is 0 Å². The second-order valence-electron chi connectivity index (χ2n) is 0.639. The summed E-state index contributed by atoms with van der Waals surface area (Å²) in [5.74, 6) is 0. The molecule has 0 fully saturated rings. The molecule has 0 aromatic carbocycles. The van der Waals surface area contributed by atoms with Crippen LogP contribution in [0.25, 0.3) is 0 Å². The molecule has 0 aromatic rings. The molecule has 0 unspecified atom stereocenters. The summed E-state index contributed by atoms with van der Waals surface area (Å²) in [5.41, 5.74) is 0. The molecule has 0 aliphatic heterocycles. The van der Waals surface area contributed by atoms with Gasteiger partial charge >= 0.3 is 42.7 Å². The Balaban J connectivity index is 3.73. The summed E-state index contributed by atoms with van der Waals surface area (Å²) in [6, 6.07) is 0. The molecule has 0 amide bonds. The van der Waals surface area contributed by atoms with Gasteiger partial charge in [0.05, 0.1) is 0 Å². The van der Waals surface area contributed by atoms with Crippen molar-refractivity contribution in [2.75, 3.05) is 0 Å². The Morgan fingerprint density at radius 2 is 1.00 bits per heavy atom. The van der Waals surface area contributed by atoms with Crippen LogP contribution < -0.4 is 0 Å². The Labute approximate surface area is 42.9 Å². The number of hydrogen-bond acceptors (Lipinski definition) is 0. The van der Waals surface area contributed by atoms with Crippen molar-refractivity contribution >= 4 is 18.4 Å². The fourth-order valence-corrected chi connectivity index (χ4v) is 0. The van der Waals surface area contributed by atoms with Crippen LogP contribution in [-0.4, -0.2) is 0 Å². The zero-order valence-electron chi connectivity index (χ0n) is 2.34. The summed E-state index contributed by atoms with van der Waals surface area (Å²) >= 11 is -7.36. The molecule has 6 heavy (non-hydrogen) atoms. The van der Waals surface area contributed by atoms with Gasteiger partial charge < -0.3 is 0 Å². The molecule has 0 spiro atoms. The number of rotatable bonds is 0. The Bertz CT molecular complexity index is 42.0. The molecule has 0 aliphatic rings. The summed E-state index contributed by atoms with van der Waals surface area (Å²) in [6.45, 7) is 0. The van der Waals surface area contributed by atoms with E-state index >= 15 is 0 Å².